The van der Waals surface area contributed by atoms with Crippen molar-refractivity contribution in [1.29, 1.82) is 0 Å². The minimum absolute atomic E-state index is 0.0560. The fourth-order valence-corrected chi connectivity index (χ4v) is 2.61. The summed E-state index contributed by atoms with van der Waals surface area (Å²) in [6, 6.07) is 3.72. The highest BCUT2D eigenvalue weighted by Gasteiger charge is 2.31. The first-order valence-electron chi connectivity index (χ1n) is 7.34. The van der Waals surface area contributed by atoms with Crippen molar-refractivity contribution >= 4 is 5.91 Å². The smallest absolute Gasteiger partial charge is 0.221 e. The number of furan rings is 1. The van der Waals surface area contributed by atoms with E-state index in [9.17, 15) is 4.79 Å². The Hall–Kier alpha value is -1.33. The van der Waals surface area contributed by atoms with Crippen LogP contribution in [0.5, 0.6) is 0 Å². The van der Waals surface area contributed by atoms with Gasteiger partial charge in [-0.25, -0.2) is 0 Å². The van der Waals surface area contributed by atoms with E-state index in [4.69, 9.17) is 14.9 Å². The largest absolute Gasteiger partial charge is 0.467 e. The number of rotatable bonds is 8. The predicted octanol–water partition coefficient (Wildman–Crippen LogP) is 1.96. The molecule has 1 aliphatic rings. The Bertz CT molecular complexity index is 397. The van der Waals surface area contributed by atoms with Crippen LogP contribution in [0.25, 0.3) is 0 Å². The molecule has 112 valence electrons. The van der Waals surface area contributed by atoms with Crippen molar-refractivity contribution < 1.29 is 13.9 Å². The van der Waals surface area contributed by atoms with E-state index in [1.54, 1.807) is 6.26 Å². The Morgan fingerprint density at radius 2 is 2.25 bits per heavy atom. The van der Waals surface area contributed by atoms with Gasteiger partial charge in [-0.1, -0.05) is 12.8 Å². The quantitative estimate of drug-likeness (QED) is 0.714. The number of amides is 1. The lowest BCUT2D eigenvalue weighted by molar-refractivity contribution is -0.122. The molecule has 1 aliphatic carbocycles. The third kappa shape index (κ3) is 4.98. The molecule has 1 aromatic rings. The van der Waals surface area contributed by atoms with E-state index in [1.807, 2.05) is 12.1 Å². The molecule has 0 aromatic carbocycles. The zero-order valence-electron chi connectivity index (χ0n) is 11.9. The average molecular weight is 280 g/mol. The molecule has 1 heterocycles. The SMILES string of the molecule is NC1(CC(=O)NCCCOCc2ccco2)CCCC1. The van der Waals surface area contributed by atoms with Gasteiger partial charge in [0.15, 0.2) is 0 Å². The summed E-state index contributed by atoms with van der Waals surface area (Å²) in [5.41, 5.74) is 5.91. The molecular formula is C15H24N2O3. The van der Waals surface area contributed by atoms with Crippen molar-refractivity contribution in [2.24, 2.45) is 5.73 Å². The zero-order chi connectivity index (χ0) is 14.3. The first-order chi connectivity index (χ1) is 9.68. The Balaban J connectivity index is 1.49. The van der Waals surface area contributed by atoms with Crippen molar-refractivity contribution in [2.75, 3.05) is 13.2 Å². The van der Waals surface area contributed by atoms with E-state index in [0.29, 0.717) is 26.2 Å². The predicted molar refractivity (Wildman–Crippen MR) is 76.0 cm³/mol. The van der Waals surface area contributed by atoms with Crippen LogP contribution in [0.15, 0.2) is 22.8 Å². The van der Waals surface area contributed by atoms with Gasteiger partial charge in [0.1, 0.15) is 12.4 Å². The van der Waals surface area contributed by atoms with E-state index in [2.05, 4.69) is 5.32 Å². The molecule has 20 heavy (non-hydrogen) atoms. The highest BCUT2D eigenvalue weighted by molar-refractivity contribution is 5.77. The summed E-state index contributed by atoms with van der Waals surface area (Å²) in [4.78, 5) is 11.8. The molecule has 1 fully saturated rings. The molecule has 0 atom stereocenters. The minimum Gasteiger partial charge on any atom is -0.467 e. The molecule has 1 saturated carbocycles. The van der Waals surface area contributed by atoms with Crippen LogP contribution >= 0.6 is 0 Å². The topological polar surface area (TPSA) is 77.5 Å². The third-order valence-corrected chi connectivity index (χ3v) is 3.72. The van der Waals surface area contributed by atoms with Gasteiger partial charge in [-0.2, -0.15) is 0 Å². The number of ether oxygens (including phenoxy) is 1. The van der Waals surface area contributed by atoms with Gasteiger partial charge in [0.05, 0.1) is 6.26 Å². The maximum Gasteiger partial charge on any atom is 0.221 e. The van der Waals surface area contributed by atoms with E-state index < -0.39 is 0 Å². The van der Waals surface area contributed by atoms with Crippen LogP contribution < -0.4 is 11.1 Å². The second-order valence-electron chi connectivity index (χ2n) is 5.58. The monoisotopic (exact) mass is 280 g/mol. The van der Waals surface area contributed by atoms with Gasteiger partial charge >= 0.3 is 0 Å². The summed E-state index contributed by atoms with van der Waals surface area (Å²) in [5, 5.41) is 2.91. The average Bonchev–Trinajstić information content (AvgIpc) is 3.05. The number of hydrogen-bond donors (Lipinski definition) is 2. The fourth-order valence-electron chi connectivity index (χ4n) is 2.61. The minimum atomic E-state index is -0.264. The summed E-state index contributed by atoms with van der Waals surface area (Å²) in [5.74, 6) is 0.876. The van der Waals surface area contributed by atoms with Crippen molar-refractivity contribution in [1.82, 2.24) is 5.32 Å². The zero-order valence-corrected chi connectivity index (χ0v) is 11.9. The standard InChI is InChI=1S/C15H24N2O3/c16-15(6-1-2-7-15)11-14(18)17-8-4-9-19-12-13-5-3-10-20-13/h3,5,10H,1-2,4,6-9,11-12,16H2,(H,17,18). The molecule has 0 bridgehead atoms. The first kappa shape index (κ1) is 15.1. The van der Waals surface area contributed by atoms with Crippen LogP contribution in [0.2, 0.25) is 0 Å². The van der Waals surface area contributed by atoms with Crippen molar-refractivity contribution in [3.05, 3.63) is 24.2 Å². The van der Waals surface area contributed by atoms with Gasteiger partial charge in [0.25, 0.3) is 0 Å². The Morgan fingerprint density at radius 1 is 1.45 bits per heavy atom. The summed E-state index contributed by atoms with van der Waals surface area (Å²) >= 11 is 0. The second-order valence-corrected chi connectivity index (χ2v) is 5.58. The molecule has 2 rings (SSSR count). The first-order valence-corrected chi connectivity index (χ1v) is 7.34. The molecule has 3 N–H and O–H groups in total. The van der Waals surface area contributed by atoms with Crippen molar-refractivity contribution in [3.63, 3.8) is 0 Å². The lowest BCUT2D eigenvalue weighted by Crippen LogP contribution is -2.42. The Kier molecular flexibility index (Phi) is 5.61. The van der Waals surface area contributed by atoms with Crippen LogP contribution in [0.1, 0.15) is 44.3 Å². The summed E-state index contributed by atoms with van der Waals surface area (Å²) in [6.45, 7) is 1.72. The van der Waals surface area contributed by atoms with E-state index in [0.717, 1.165) is 37.9 Å². The van der Waals surface area contributed by atoms with Crippen LogP contribution in [-0.4, -0.2) is 24.6 Å². The number of carbonyl (C=O) groups excluding carboxylic acids is 1. The molecule has 1 amide bonds. The second kappa shape index (κ2) is 7.45. The van der Waals surface area contributed by atoms with Gasteiger partial charge in [0, 0.05) is 25.1 Å². The number of hydrogen-bond acceptors (Lipinski definition) is 4. The van der Waals surface area contributed by atoms with E-state index in [-0.39, 0.29) is 11.4 Å². The Morgan fingerprint density at radius 3 is 2.95 bits per heavy atom. The van der Waals surface area contributed by atoms with Crippen LogP contribution in [-0.2, 0) is 16.1 Å². The van der Waals surface area contributed by atoms with Gasteiger partial charge in [-0.05, 0) is 31.4 Å². The highest BCUT2D eigenvalue weighted by atomic mass is 16.5. The lowest BCUT2D eigenvalue weighted by atomic mass is 9.94. The number of carbonyl (C=O) groups is 1. The molecule has 5 heteroatoms. The summed E-state index contributed by atoms with van der Waals surface area (Å²) in [7, 11) is 0. The highest BCUT2D eigenvalue weighted by Crippen LogP contribution is 2.29. The van der Waals surface area contributed by atoms with Crippen LogP contribution in [0.3, 0.4) is 0 Å². The molecule has 0 spiro atoms. The fraction of sp³-hybridized carbons (Fsp3) is 0.667. The molecular weight excluding hydrogens is 256 g/mol. The molecule has 0 aliphatic heterocycles. The third-order valence-electron chi connectivity index (χ3n) is 3.72. The van der Waals surface area contributed by atoms with Gasteiger partial charge in [0.2, 0.25) is 5.91 Å². The maximum absolute atomic E-state index is 11.8. The van der Waals surface area contributed by atoms with Crippen molar-refractivity contribution in [3.8, 4) is 0 Å². The normalized spacial score (nSPS) is 17.2. The maximum atomic E-state index is 11.8. The Labute approximate surface area is 119 Å². The van der Waals surface area contributed by atoms with Crippen LogP contribution in [0, 0.1) is 0 Å². The summed E-state index contributed by atoms with van der Waals surface area (Å²) < 4.78 is 10.6. The lowest BCUT2D eigenvalue weighted by Gasteiger charge is -2.22. The molecule has 0 radical (unpaired) electrons. The molecule has 5 nitrogen and oxygen atoms in total. The van der Waals surface area contributed by atoms with Gasteiger partial charge in [-0.3, -0.25) is 4.79 Å². The molecule has 0 unspecified atom stereocenters. The van der Waals surface area contributed by atoms with Crippen molar-refractivity contribution in [2.45, 2.75) is 50.7 Å². The van der Waals surface area contributed by atoms with Gasteiger partial charge < -0.3 is 20.2 Å². The number of nitrogens with one attached hydrogen (secondary N) is 1. The van der Waals surface area contributed by atoms with Crippen LogP contribution in [0.4, 0.5) is 0 Å². The summed E-state index contributed by atoms with van der Waals surface area (Å²) in [6.07, 6.45) is 7.09. The van der Waals surface area contributed by atoms with E-state index in [1.165, 1.54) is 0 Å². The molecule has 0 saturated heterocycles. The van der Waals surface area contributed by atoms with Gasteiger partial charge in [-0.15, -0.1) is 0 Å². The molecule has 1 aromatic heterocycles. The number of nitrogens with two attached hydrogens (primary N) is 1. The van der Waals surface area contributed by atoms with E-state index >= 15 is 0 Å².